The lowest BCUT2D eigenvalue weighted by atomic mass is 9.86. The second-order valence-electron chi connectivity index (χ2n) is 6.66. The van der Waals surface area contributed by atoms with Crippen molar-refractivity contribution in [1.29, 1.82) is 0 Å². The first kappa shape index (κ1) is 17.4. The first-order chi connectivity index (χ1) is 12.2. The number of nitrogens with one attached hydrogen (secondary N) is 1. The molecule has 1 amide bonds. The van der Waals surface area contributed by atoms with Crippen LogP contribution in [-0.2, 0) is 11.3 Å². The molecule has 0 aliphatic heterocycles. The van der Waals surface area contributed by atoms with Gasteiger partial charge in [0.15, 0.2) is 0 Å². The highest BCUT2D eigenvalue weighted by atomic mass is 16.2. The standard InChI is InChI=1S/C18H25N5O2/c24-17(19-13-7-10-15-8-3-1-4-9-15)14-22-18(25)23(21-20-22)16-11-5-2-6-12-16/h2,5-6,11-12,15H,1,3-4,7-10,13-14H2,(H,19,24). The molecule has 0 atom stereocenters. The zero-order valence-electron chi connectivity index (χ0n) is 14.4. The minimum Gasteiger partial charge on any atom is -0.354 e. The van der Waals surface area contributed by atoms with Gasteiger partial charge < -0.3 is 5.32 Å². The SMILES string of the molecule is O=C(Cn1nnn(-c2ccccc2)c1=O)NCCCC1CCCCC1. The van der Waals surface area contributed by atoms with Crippen molar-refractivity contribution in [1.82, 2.24) is 25.1 Å². The molecule has 0 radical (unpaired) electrons. The van der Waals surface area contributed by atoms with Gasteiger partial charge in [-0.1, -0.05) is 50.3 Å². The van der Waals surface area contributed by atoms with Crippen LogP contribution in [0.25, 0.3) is 5.69 Å². The Balaban J connectivity index is 1.45. The van der Waals surface area contributed by atoms with Crippen LogP contribution in [0.1, 0.15) is 44.9 Å². The third-order valence-electron chi connectivity index (χ3n) is 4.77. The molecular formula is C18H25N5O2. The molecule has 2 aromatic rings. The zero-order chi connectivity index (χ0) is 17.5. The number of amides is 1. The molecule has 1 aliphatic carbocycles. The maximum atomic E-state index is 12.3. The Hall–Kier alpha value is -2.44. The van der Waals surface area contributed by atoms with Crippen LogP contribution in [0.2, 0.25) is 0 Å². The van der Waals surface area contributed by atoms with Crippen LogP contribution in [0.5, 0.6) is 0 Å². The van der Waals surface area contributed by atoms with E-state index in [1.807, 2.05) is 18.2 Å². The molecule has 25 heavy (non-hydrogen) atoms. The molecule has 7 nitrogen and oxygen atoms in total. The summed E-state index contributed by atoms with van der Waals surface area (Å²) in [6, 6.07) is 9.04. The summed E-state index contributed by atoms with van der Waals surface area (Å²) in [5.74, 6) is 0.616. The van der Waals surface area contributed by atoms with E-state index in [1.165, 1.54) is 43.2 Å². The molecule has 1 heterocycles. The Morgan fingerprint density at radius 1 is 1.12 bits per heavy atom. The summed E-state index contributed by atoms with van der Waals surface area (Å²) in [4.78, 5) is 24.3. The Kier molecular flexibility index (Phi) is 5.98. The summed E-state index contributed by atoms with van der Waals surface area (Å²) in [5.41, 5.74) is 0.218. The maximum Gasteiger partial charge on any atom is 0.368 e. The van der Waals surface area contributed by atoms with Gasteiger partial charge in [-0.3, -0.25) is 4.79 Å². The van der Waals surface area contributed by atoms with E-state index >= 15 is 0 Å². The Morgan fingerprint density at radius 2 is 1.88 bits per heavy atom. The van der Waals surface area contributed by atoms with E-state index in [-0.39, 0.29) is 12.5 Å². The molecular weight excluding hydrogens is 318 g/mol. The van der Waals surface area contributed by atoms with Gasteiger partial charge in [-0.25, -0.2) is 4.79 Å². The van der Waals surface area contributed by atoms with Crippen LogP contribution in [-0.4, -0.2) is 32.2 Å². The largest absolute Gasteiger partial charge is 0.368 e. The van der Waals surface area contributed by atoms with Crippen molar-refractivity contribution < 1.29 is 4.79 Å². The number of nitrogens with zero attached hydrogens (tertiary/aromatic N) is 4. The van der Waals surface area contributed by atoms with Crippen LogP contribution in [0, 0.1) is 5.92 Å². The van der Waals surface area contributed by atoms with E-state index in [1.54, 1.807) is 12.1 Å². The number of carbonyl (C=O) groups is 1. The lowest BCUT2D eigenvalue weighted by Crippen LogP contribution is -2.34. The number of rotatable bonds is 7. The quantitative estimate of drug-likeness (QED) is 0.779. The highest BCUT2D eigenvalue weighted by Gasteiger charge is 2.14. The van der Waals surface area contributed by atoms with Gasteiger partial charge in [0.1, 0.15) is 6.54 Å². The predicted molar refractivity (Wildman–Crippen MR) is 94.4 cm³/mol. The smallest absolute Gasteiger partial charge is 0.354 e. The molecule has 3 rings (SSSR count). The van der Waals surface area contributed by atoms with Crippen molar-refractivity contribution in [2.75, 3.05) is 6.54 Å². The van der Waals surface area contributed by atoms with Gasteiger partial charge in [0.25, 0.3) is 0 Å². The monoisotopic (exact) mass is 343 g/mol. The van der Waals surface area contributed by atoms with Crippen molar-refractivity contribution >= 4 is 5.91 Å². The highest BCUT2D eigenvalue weighted by molar-refractivity contribution is 5.75. The molecule has 1 aliphatic rings. The van der Waals surface area contributed by atoms with Crippen LogP contribution in [0.15, 0.2) is 35.1 Å². The molecule has 1 fully saturated rings. The lowest BCUT2D eigenvalue weighted by Gasteiger charge is -2.21. The molecule has 1 N–H and O–H groups in total. The van der Waals surface area contributed by atoms with E-state index in [0.29, 0.717) is 12.2 Å². The maximum absolute atomic E-state index is 12.3. The molecule has 0 bridgehead atoms. The lowest BCUT2D eigenvalue weighted by molar-refractivity contribution is -0.121. The Bertz CT molecular complexity index is 731. The fourth-order valence-corrected chi connectivity index (χ4v) is 3.39. The number of carbonyl (C=O) groups excluding carboxylic acids is 1. The number of benzene rings is 1. The number of tetrazole rings is 1. The van der Waals surface area contributed by atoms with Crippen LogP contribution in [0.3, 0.4) is 0 Å². The second kappa shape index (κ2) is 8.60. The summed E-state index contributed by atoms with van der Waals surface area (Å²) in [6.45, 7) is 0.548. The summed E-state index contributed by atoms with van der Waals surface area (Å²) < 4.78 is 2.28. The van der Waals surface area contributed by atoms with Crippen molar-refractivity contribution in [3.05, 3.63) is 40.8 Å². The molecule has 0 spiro atoms. The van der Waals surface area contributed by atoms with Gasteiger partial charge in [-0.15, -0.1) is 0 Å². The number of hydrogen-bond donors (Lipinski definition) is 1. The van der Waals surface area contributed by atoms with E-state index in [0.717, 1.165) is 17.0 Å². The summed E-state index contributed by atoms with van der Waals surface area (Å²) in [5, 5.41) is 10.5. The van der Waals surface area contributed by atoms with Gasteiger partial charge in [0.05, 0.1) is 5.69 Å². The summed E-state index contributed by atoms with van der Waals surface area (Å²) in [7, 11) is 0. The second-order valence-corrected chi connectivity index (χ2v) is 6.66. The van der Waals surface area contributed by atoms with E-state index < -0.39 is 5.69 Å². The molecule has 7 heteroatoms. The van der Waals surface area contributed by atoms with Crippen LogP contribution in [0.4, 0.5) is 0 Å². The van der Waals surface area contributed by atoms with Crippen LogP contribution >= 0.6 is 0 Å². The number of aromatic nitrogens is 4. The van der Waals surface area contributed by atoms with Crippen molar-refractivity contribution in [3.8, 4) is 5.69 Å². The highest BCUT2D eigenvalue weighted by Crippen LogP contribution is 2.26. The molecule has 1 aromatic carbocycles. The number of hydrogen-bond acceptors (Lipinski definition) is 4. The fraction of sp³-hybridized carbons (Fsp3) is 0.556. The van der Waals surface area contributed by atoms with Crippen LogP contribution < -0.4 is 11.0 Å². The molecule has 0 saturated heterocycles. The first-order valence-electron chi connectivity index (χ1n) is 9.09. The van der Waals surface area contributed by atoms with Gasteiger partial charge in [0, 0.05) is 6.54 Å². The minimum atomic E-state index is -0.413. The third-order valence-corrected chi connectivity index (χ3v) is 4.77. The van der Waals surface area contributed by atoms with Crippen molar-refractivity contribution in [2.24, 2.45) is 5.92 Å². The van der Waals surface area contributed by atoms with Crippen molar-refractivity contribution in [3.63, 3.8) is 0 Å². The number of para-hydroxylation sites is 1. The Morgan fingerprint density at radius 3 is 2.64 bits per heavy atom. The average molecular weight is 343 g/mol. The van der Waals surface area contributed by atoms with E-state index in [4.69, 9.17) is 0 Å². The topological polar surface area (TPSA) is 81.8 Å². The van der Waals surface area contributed by atoms with Gasteiger partial charge in [-0.2, -0.15) is 9.36 Å². The molecule has 1 saturated carbocycles. The molecule has 1 aromatic heterocycles. The molecule has 134 valence electrons. The normalized spacial score (nSPS) is 15.2. The van der Waals surface area contributed by atoms with E-state index in [9.17, 15) is 9.59 Å². The first-order valence-corrected chi connectivity index (χ1v) is 9.09. The fourth-order valence-electron chi connectivity index (χ4n) is 3.39. The van der Waals surface area contributed by atoms with Gasteiger partial charge in [0.2, 0.25) is 5.91 Å². The average Bonchev–Trinajstić information content (AvgIpc) is 3.01. The summed E-state index contributed by atoms with van der Waals surface area (Å²) in [6.07, 6.45) is 8.87. The molecule has 0 unspecified atom stereocenters. The predicted octanol–water partition coefficient (Wildman–Crippen LogP) is 1.91. The third kappa shape index (κ3) is 4.78. The Labute approximate surface area is 147 Å². The zero-order valence-corrected chi connectivity index (χ0v) is 14.4. The van der Waals surface area contributed by atoms with Gasteiger partial charge in [-0.05, 0) is 41.3 Å². The van der Waals surface area contributed by atoms with E-state index in [2.05, 4.69) is 15.7 Å². The van der Waals surface area contributed by atoms with Crippen molar-refractivity contribution in [2.45, 2.75) is 51.5 Å². The minimum absolute atomic E-state index is 0.102. The summed E-state index contributed by atoms with van der Waals surface area (Å²) >= 11 is 0. The van der Waals surface area contributed by atoms with Gasteiger partial charge >= 0.3 is 5.69 Å².